The van der Waals surface area contributed by atoms with E-state index in [1.165, 1.54) is 80.8 Å². The van der Waals surface area contributed by atoms with Crippen LogP contribution in [0.3, 0.4) is 0 Å². The van der Waals surface area contributed by atoms with E-state index in [0.717, 1.165) is 68.1 Å². The van der Waals surface area contributed by atoms with Crippen LogP contribution in [0, 0.1) is 0 Å². The van der Waals surface area contributed by atoms with Crippen LogP contribution in [0.4, 0.5) is 11.4 Å². The maximum atomic E-state index is 7.25. The first kappa shape index (κ1) is 39.6. The molecule has 1 aliphatic rings. The number of aromatic nitrogens is 1. The summed E-state index contributed by atoms with van der Waals surface area (Å²) in [5.41, 5.74) is 18.3. The Hall–Kier alpha value is -6.76. The number of hydrogen-bond acceptors (Lipinski definition) is 4. The third kappa shape index (κ3) is 5.76. The molecular formula is C60H51BN2O2S. The number of fused-ring (bicyclic) bond motifs is 15. The average molecular weight is 875 g/mol. The maximum Gasteiger partial charge on any atom is 0.198 e. The summed E-state index contributed by atoms with van der Waals surface area (Å²) in [6.45, 7) is 20.6. The van der Waals surface area contributed by atoms with Crippen LogP contribution in [0.1, 0.15) is 79.0 Å². The molecule has 0 fully saturated rings. The van der Waals surface area contributed by atoms with Crippen LogP contribution >= 0.6 is 11.3 Å². The van der Waals surface area contributed by atoms with Crippen LogP contribution in [0.2, 0.25) is 0 Å². The Morgan fingerprint density at radius 3 is 1.91 bits per heavy atom. The van der Waals surface area contributed by atoms with Gasteiger partial charge in [0.15, 0.2) is 7.28 Å². The molecular weight excluding hydrogens is 824 g/mol. The highest BCUT2D eigenvalue weighted by Gasteiger charge is 2.33. The quantitative estimate of drug-likeness (QED) is 0.180. The molecule has 0 aliphatic carbocycles. The molecule has 0 atom stereocenters. The van der Waals surface area contributed by atoms with E-state index in [-0.39, 0.29) is 16.2 Å². The van der Waals surface area contributed by atoms with E-state index in [0.29, 0.717) is 0 Å². The summed E-state index contributed by atoms with van der Waals surface area (Å²) in [6.07, 6.45) is 0. The Labute approximate surface area is 389 Å². The lowest BCUT2D eigenvalue weighted by Crippen LogP contribution is -2.37. The first-order valence-corrected chi connectivity index (χ1v) is 24.2. The Bertz CT molecular complexity index is 4040. The fraction of sp³-hybridized carbons (Fsp3) is 0.200. The smallest absolute Gasteiger partial charge is 0.198 e. The Morgan fingerprint density at radius 2 is 1.17 bits per heavy atom. The van der Waals surface area contributed by atoms with Crippen LogP contribution < -0.4 is 16.2 Å². The highest BCUT2D eigenvalue weighted by molar-refractivity contribution is 7.25. The molecule has 8 aromatic carbocycles. The van der Waals surface area contributed by atoms with E-state index in [9.17, 15) is 0 Å². The van der Waals surface area contributed by atoms with Crippen molar-refractivity contribution in [1.82, 2.24) is 4.57 Å². The summed E-state index contributed by atoms with van der Waals surface area (Å²) in [4.78, 5) is 0. The largest absolute Gasteiger partial charge is 0.456 e. The van der Waals surface area contributed by atoms with Crippen molar-refractivity contribution in [3.63, 3.8) is 0 Å². The van der Waals surface area contributed by atoms with Crippen molar-refractivity contribution in [2.45, 2.75) is 78.6 Å². The fourth-order valence-electron chi connectivity index (χ4n) is 10.9. The molecule has 6 heteroatoms. The summed E-state index contributed by atoms with van der Waals surface area (Å²) < 4.78 is 19.0. The summed E-state index contributed by atoms with van der Waals surface area (Å²) in [5, 5.41) is 13.5. The van der Waals surface area contributed by atoms with Gasteiger partial charge in [0.1, 0.15) is 22.3 Å². The molecule has 1 aliphatic heterocycles. The summed E-state index contributed by atoms with van der Waals surface area (Å²) >= 11 is 1.89. The molecule has 4 nitrogen and oxygen atoms in total. The highest BCUT2D eigenvalue weighted by atomic mass is 32.1. The maximum absolute atomic E-state index is 7.25. The molecule has 1 N–H and O–H groups in total. The molecule has 0 spiro atoms. The van der Waals surface area contributed by atoms with Gasteiger partial charge in [0, 0.05) is 69.7 Å². The molecule has 12 aromatic rings. The fourth-order valence-corrected chi connectivity index (χ4v) is 12.0. The summed E-state index contributed by atoms with van der Waals surface area (Å²) in [6, 6.07) is 49.9. The van der Waals surface area contributed by atoms with Crippen molar-refractivity contribution >= 4 is 127 Å². The van der Waals surface area contributed by atoms with Crippen molar-refractivity contribution in [3.05, 3.63) is 150 Å². The van der Waals surface area contributed by atoms with Gasteiger partial charge in [0.2, 0.25) is 0 Å². The van der Waals surface area contributed by atoms with Gasteiger partial charge in [-0.25, -0.2) is 0 Å². The van der Waals surface area contributed by atoms with E-state index in [2.05, 4.69) is 206 Å². The Balaban J connectivity index is 1.19. The molecule has 4 aromatic heterocycles. The normalized spacial score (nSPS) is 13.3. The first-order valence-electron chi connectivity index (χ1n) is 23.4. The van der Waals surface area contributed by atoms with Gasteiger partial charge in [-0.15, -0.1) is 11.3 Å². The lowest BCUT2D eigenvalue weighted by molar-refractivity contribution is 0.590. The number of hydrogen-bond donors (Lipinski definition) is 1. The second-order valence-corrected chi connectivity index (χ2v) is 22.9. The van der Waals surface area contributed by atoms with Gasteiger partial charge >= 0.3 is 0 Å². The SMILES string of the molecule is CC(C)(C)c1ccc(Nc2cc3sc4cc(C(C)(C)C)ccc4c3cc2-c2c3c4c(c5cc(C(C)(C)C)ccc5n4-c4cc5c(cc4B3)oc3ccccc35)c3oc4ccccc4c23)cc1. The van der Waals surface area contributed by atoms with Crippen molar-refractivity contribution in [1.29, 1.82) is 0 Å². The van der Waals surface area contributed by atoms with Gasteiger partial charge in [-0.3, -0.25) is 0 Å². The molecule has 13 rings (SSSR count). The van der Waals surface area contributed by atoms with Gasteiger partial charge in [0.25, 0.3) is 0 Å². The number of nitrogens with one attached hydrogen (secondary N) is 1. The second kappa shape index (κ2) is 13.4. The molecule has 0 radical (unpaired) electrons. The first-order chi connectivity index (χ1) is 31.6. The van der Waals surface area contributed by atoms with E-state index in [4.69, 9.17) is 8.83 Å². The molecule has 0 saturated carbocycles. The van der Waals surface area contributed by atoms with Crippen molar-refractivity contribution in [2.75, 3.05) is 5.32 Å². The number of nitrogens with zero attached hydrogens (tertiary/aromatic N) is 1. The van der Waals surface area contributed by atoms with Crippen molar-refractivity contribution < 1.29 is 8.83 Å². The van der Waals surface area contributed by atoms with Crippen LogP contribution in [-0.4, -0.2) is 11.8 Å². The zero-order valence-electron chi connectivity index (χ0n) is 39.1. The van der Waals surface area contributed by atoms with E-state index in [1.54, 1.807) is 0 Å². The molecule has 0 saturated heterocycles. The topological polar surface area (TPSA) is 43.2 Å². The minimum absolute atomic E-state index is 0.0453. The summed E-state index contributed by atoms with van der Waals surface area (Å²) in [5.74, 6) is 0. The van der Waals surface area contributed by atoms with Gasteiger partial charge in [-0.1, -0.05) is 135 Å². The van der Waals surface area contributed by atoms with E-state index in [1.807, 2.05) is 11.3 Å². The Kier molecular flexibility index (Phi) is 8.05. The number of rotatable bonds is 3. The van der Waals surface area contributed by atoms with Crippen molar-refractivity contribution in [2.24, 2.45) is 0 Å². The minimum Gasteiger partial charge on any atom is -0.456 e. The van der Waals surface area contributed by atoms with Crippen LogP contribution in [0.5, 0.6) is 0 Å². The predicted octanol–water partition coefficient (Wildman–Crippen LogP) is 16.0. The average Bonchev–Trinajstić information content (AvgIpc) is 4.04. The lowest BCUT2D eigenvalue weighted by Gasteiger charge is -2.25. The molecule has 0 amide bonds. The van der Waals surface area contributed by atoms with Crippen molar-refractivity contribution in [3.8, 4) is 16.8 Å². The van der Waals surface area contributed by atoms with Gasteiger partial charge < -0.3 is 18.7 Å². The van der Waals surface area contributed by atoms with Crippen LogP contribution in [-0.2, 0) is 16.2 Å². The molecule has 322 valence electrons. The van der Waals surface area contributed by atoms with Gasteiger partial charge in [-0.2, -0.15) is 0 Å². The van der Waals surface area contributed by atoms with Gasteiger partial charge in [-0.05, 0) is 111 Å². The zero-order chi connectivity index (χ0) is 45.2. The molecule has 5 heterocycles. The van der Waals surface area contributed by atoms with Gasteiger partial charge in [0.05, 0.1) is 16.4 Å². The lowest BCUT2D eigenvalue weighted by atomic mass is 9.58. The number of thiophene rings is 1. The predicted molar refractivity (Wildman–Crippen MR) is 286 cm³/mol. The highest BCUT2D eigenvalue weighted by Crippen LogP contribution is 2.50. The summed E-state index contributed by atoms with van der Waals surface area (Å²) in [7, 11) is 0.725. The number of anilines is 2. The minimum atomic E-state index is -0.0453. The zero-order valence-corrected chi connectivity index (χ0v) is 39.9. The van der Waals surface area contributed by atoms with Crippen LogP contribution in [0.25, 0.3) is 103 Å². The number of furan rings is 2. The van der Waals surface area contributed by atoms with Crippen LogP contribution in [0.15, 0.2) is 142 Å². The second-order valence-electron chi connectivity index (χ2n) is 21.9. The Morgan fingerprint density at radius 1 is 0.515 bits per heavy atom. The van der Waals surface area contributed by atoms with E-state index < -0.39 is 0 Å². The molecule has 66 heavy (non-hydrogen) atoms. The third-order valence-electron chi connectivity index (χ3n) is 14.5. The molecule has 0 bridgehead atoms. The number of para-hydroxylation sites is 2. The molecule has 0 unspecified atom stereocenters. The van der Waals surface area contributed by atoms with E-state index >= 15 is 0 Å². The number of benzene rings is 8. The standard InChI is InChI=1S/C60H51BN2O2S/c1-58(2,3)32-18-22-35(23-19-32)62-44-31-51-40(37-24-20-34(60(7,8)9)27-50(37)66-51)28-41(44)52-53-38-15-11-13-17-48(38)65-57(53)54-42-26-33(59(4,5)6)21-25-45(42)63-46-29-39-36-14-10-12-16-47(36)64-49(39)30-43(46)61-55(52)56(54)63/h10-31,61-62H,1-9H3. The third-order valence-corrected chi connectivity index (χ3v) is 15.6. The monoisotopic (exact) mass is 874 g/mol.